The van der Waals surface area contributed by atoms with Crippen molar-refractivity contribution in [2.75, 3.05) is 36.9 Å². The summed E-state index contributed by atoms with van der Waals surface area (Å²) in [4.78, 5) is 22.7. The van der Waals surface area contributed by atoms with Crippen molar-refractivity contribution in [1.82, 2.24) is 4.31 Å². The molecule has 0 spiro atoms. The van der Waals surface area contributed by atoms with Gasteiger partial charge in [-0.25, -0.2) is 8.42 Å². The summed E-state index contributed by atoms with van der Waals surface area (Å²) < 4.78 is 33.1. The molecule has 0 aliphatic carbocycles. The van der Waals surface area contributed by atoms with Crippen LogP contribution in [0.1, 0.15) is 32.6 Å². The number of rotatable bonds is 11. The van der Waals surface area contributed by atoms with E-state index in [2.05, 4.69) is 10.6 Å². The number of carbonyl (C=O) groups is 1. The molecular weight excluding hydrogens is 448 g/mol. The molecule has 33 heavy (non-hydrogen) atoms. The Morgan fingerprint density at radius 3 is 2.42 bits per heavy atom. The minimum atomic E-state index is -3.70. The Balaban J connectivity index is 1.57. The number of hydrogen-bond acceptors (Lipinski definition) is 7. The molecule has 1 aliphatic heterocycles. The molecule has 0 atom stereocenters. The number of non-ortho nitro benzene ring substituents is 1. The monoisotopic (exact) mass is 476 g/mol. The topological polar surface area (TPSA) is 131 Å². The number of benzene rings is 2. The Morgan fingerprint density at radius 2 is 1.79 bits per heavy atom. The van der Waals surface area contributed by atoms with Crippen LogP contribution in [0.25, 0.3) is 0 Å². The maximum atomic E-state index is 13.1. The molecule has 1 saturated heterocycles. The predicted molar refractivity (Wildman–Crippen MR) is 125 cm³/mol. The number of ether oxygens (including phenoxy) is 1. The summed E-state index contributed by atoms with van der Waals surface area (Å²) in [7, 11) is -3.70. The second-order valence-electron chi connectivity index (χ2n) is 7.59. The second-order valence-corrected chi connectivity index (χ2v) is 9.49. The number of nitro benzene ring substituents is 1. The van der Waals surface area contributed by atoms with Gasteiger partial charge in [-0.15, -0.1) is 0 Å². The fraction of sp³-hybridized carbons (Fsp3) is 0.409. The molecule has 0 saturated carbocycles. The molecule has 11 heteroatoms. The van der Waals surface area contributed by atoms with E-state index in [1.54, 1.807) is 31.2 Å². The molecule has 0 bridgehead atoms. The molecule has 10 nitrogen and oxygen atoms in total. The zero-order valence-corrected chi connectivity index (χ0v) is 19.3. The highest BCUT2D eigenvalue weighted by atomic mass is 32.2. The zero-order valence-electron chi connectivity index (χ0n) is 18.5. The largest absolute Gasteiger partial charge is 0.492 e. The normalized spacial score (nSPS) is 14.1. The quantitative estimate of drug-likeness (QED) is 0.288. The number of nitrogens with zero attached hydrogens (tertiary/aromatic N) is 2. The van der Waals surface area contributed by atoms with Gasteiger partial charge in [-0.2, -0.15) is 4.31 Å². The Labute approximate surface area is 193 Å². The molecule has 1 amide bonds. The van der Waals surface area contributed by atoms with E-state index in [1.165, 1.54) is 22.5 Å². The summed E-state index contributed by atoms with van der Waals surface area (Å²) in [5.74, 6) is 0.0314. The van der Waals surface area contributed by atoms with Gasteiger partial charge in [0.1, 0.15) is 10.6 Å². The first-order valence-electron chi connectivity index (χ1n) is 10.9. The maximum Gasteiger partial charge on any atom is 0.269 e. The lowest BCUT2D eigenvalue weighted by Gasteiger charge is -2.19. The molecule has 2 aromatic rings. The van der Waals surface area contributed by atoms with Crippen LogP contribution in [-0.4, -0.2) is 49.8 Å². The summed E-state index contributed by atoms with van der Waals surface area (Å²) in [5.41, 5.74) is 1.13. The fourth-order valence-corrected chi connectivity index (χ4v) is 5.21. The lowest BCUT2D eigenvalue weighted by molar-refractivity contribution is -0.384. The SMILES string of the molecule is CCOc1ccc(NC(=O)CCCNc2ccc([N+](=O)[O-])cc2)cc1S(=O)(=O)N1CCCC1. The Hall–Kier alpha value is -3.18. The number of hydrogen-bond donors (Lipinski definition) is 2. The smallest absolute Gasteiger partial charge is 0.269 e. The summed E-state index contributed by atoms with van der Waals surface area (Å²) in [6, 6.07) is 10.7. The number of amides is 1. The van der Waals surface area contributed by atoms with Crippen molar-refractivity contribution in [3.05, 3.63) is 52.6 Å². The molecule has 0 aromatic heterocycles. The highest BCUT2D eigenvalue weighted by molar-refractivity contribution is 7.89. The summed E-state index contributed by atoms with van der Waals surface area (Å²) in [5, 5.41) is 16.6. The van der Waals surface area contributed by atoms with Crippen molar-refractivity contribution in [1.29, 1.82) is 0 Å². The van der Waals surface area contributed by atoms with Crippen LogP contribution in [0.15, 0.2) is 47.4 Å². The second kappa shape index (κ2) is 11.1. The number of nitro groups is 1. The van der Waals surface area contributed by atoms with Crippen LogP contribution >= 0.6 is 0 Å². The van der Waals surface area contributed by atoms with Gasteiger partial charge in [0.25, 0.3) is 5.69 Å². The number of sulfonamides is 1. The van der Waals surface area contributed by atoms with Gasteiger partial charge in [0, 0.05) is 49.6 Å². The van der Waals surface area contributed by atoms with Gasteiger partial charge in [-0.1, -0.05) is 0 Å². The lowest BCUT2D eigenvalue weighted by atomic mass is 10.2. The first-order chi connectivity index (χ1) is 15.8. The van der Waals surface area contributed by atoms with Crippen molar-refractivity contribution in [3.8, 4) is 5.75 Å². The van der Waals surface area contributed by atoms with Crippen LogP contribution in [-0.2, 0) is 14.8 Å². The third-order valence-corrected chi connectivity index (χ3v) is 7.12. The molecule has 0 unspecified atom stereocenters. The van der Waals surface area contributed by atoms with E-state index < -0.39 is 14.9 Å². The summed E-state index contributed by atoms with van der Waals surface area (Å²) in [6.07, 6.45) is 2.40. The van der Waals surface area contributed by atoms with Gasteiger partial charge in [0.15, 0.2) is 0 Å². The minimum absolute atomic E-state index is 0.0152. The van der Waals surface area contributed by atoms with Crippen molar-refractivity contribution in [3.63, 3.8) is 0 Å². The molecule has 3 rings (SSSR count). The highest BCUT2D eigenvalue weighted by Gasteiger charge is 2.30. The first kappa shape index (κ1) is 24.5. The summed E-state index contributed by atoms with van der Waals surface area (Å²) >= 11 is 0. The Bertz CT molecular complexity index is 1080. The standard InChI is InChI=1S/C22H28N4O6S/c1-2-32-20-12-9-18(16-21(20)33(30,31)25-14-3-4-15-25)24-22(27)6-5-13-23-17-7-10-19(11-8-17)26(28)29/h7-12,16,23H,2-6,13-15H2,1H3,(H,24,27). The van der Waals surface area contributed by atoms with Crippen molar-refractivity contribution >= 4 is 33.0 Å². The van der Waals surface area contributed by atoms with E-state index >= 15 is 0 Å². The molecule has 1 fully saturated rings. The summed E-state index contributed by atoms with van der Waals surface area (Å²) in [6.45, 7) is 3.57. The molecule has 2 aromatic carbocycles. The van der Waals surface area contributed by atoms with Crippen molar-refractivity contribution < 1.29 is 22.9 Å². The van der Waals surface area contributed by atoms with Gasteiger partial charge in [0.2, 0.25) is 15.9 Å². The zero-order chi connectivity index (χ0) is 23.8. The van der Waals surface area contributed by atoms with Crippen LogP contribution in [0.3, 0.4) is 0 Å². The highest BCUT2D eigenvalue weighted by Crippen LogP contribution is 2.31. The third-order valence-electron chi connectivity index (χ3n) is 5.20. The average Bonchev–Trinajstić information content (AvgIpc) is 3.34. The van der Waals surface area contributed by atoms with E-state index in [9.17, 15) is 23.3 Å². The van der Waals surface area contributed by atoms with Gasteiger partial charge < -0.3 is 15.4 Å². The van der Waals surface area contributed by atoms with E-state index in [4.69, 9.17) is 4.74 Å². The van der Waals surface area contributed by atoms with E-state index in [0.717, 1.165) is 18.5 Å². The van der Waals surface area contributed by atoms with Crippen LogP contribution in [0.2, 0.25) is 0 Å². The van der Waals surface area contributed by atoms with Gasteiger partial charge in [-0.3, -0.25) is 14.9 Å². The van der Waals surface area contributed by atoms with Gasteiger partial charge in [0.05, 0.1) is 11.5 Å². The minimum Gasteiger partial charge on any atom is -0.492 e. The molecule has 2 N–H and O–H groups in total. The maximum absolute atomic E-state index is 13.1. The van der Waals surface area contributed by atoms with Crippen LogP contribution in [0.5, 0.6) is 5.75 Å². The van der Waals surface area contributed by atoms with Crippen LogP contribution in [0.4, 0.5) is 17.1 Å². The molecule has 178 valence electrons. The third kappa shape index (κ3) is 6.42. The van der Waals surface area contributed by atoms with Gasteiger partial charge in [-0.05, 0) is 56.5 Å². The van der Waals surface area contributed by atoms with E-state index in [-0.39, 0.29) is 28.7 Å². The number of nitrogens with one attached hydrogen (secondary N) is 2. The van der Waals surface area contributed by atoms with E-state index in [0.29, 0.717) is 38.3 Å². The fourth-order valence-electron chi connectivity index (χ4n) is 3.54. The van der Waals surface area contributed by atoms with Crippen LogP contribution < -0.4 is 15.4 Å². The van der Waals surface area contributed by atoms with Crippen molar-refractivity contribution in [2.45, 2.75) is 37.5 Å². The Morgan fingerprint density at radius 1 is 1.12 bits per heavy atom. The van der Waals surface area contributed by atoms with Crippen molar-refractivity contribution in [2.24, 2.45) is 0 Å². The molecule has 1 aliphatic rings. The Kier molecular flexibility index (Phi) is 8.23. The van der Waals surface area contributed by atoms with E-state index in [1.807, 2.05) is 0 Å². The molecule has 0 radical (unpaired) electrons. The predicted octanol–water partition coefficient (Wildman–Crippen LogP) is 3.61. The molecule has 1 heterocycles. The lowest BCUT2D eigenvalue weighted by Crippen LogP contribution is -2.28. The first-order valence-corrected chi connectivity index (χ1v) is 12.3. The van der Waals surface area contributed by atoms with Crippen LogP contribution in [0, 0.1) is 10.1 Å². The molecular formula is C22H28N4O6S. The van der Waals surface area contributed by atoms with Gasteiger partial charge >= 0.3 is 0 Å². The number of carbonyl (C=O) groups excluding carboxylic acids is 1. The number of anilines is 2. The average molecular weight is 477 g/mol.